The fourth-order valence-electron chi connectivity index (χ4n) is 2.09. The summed E-state index contributed by atoms with van der Waals surface area (Å²) in [5.41, 5.74) is 1.79. The van der Waals surface area contributed by atoms with Gasteiger partial charge in [0.05, 0.1) is 24.3 Å². The Labute approximate surface area is 92.7 Å². The lowest BCUT2D eigenvalue weighted by atomic mass is 10.3. The van der Waals surface area contributed by atoms with E-state index < -0.39 is 0 Å². The first-order valence-corrected chi connectivity index (χ1v) is 5.34. The van der Waals surface area contributed by atoms with Gasteiger partial charge in [0.1, 0.15) is 0 Å². The van der Waals surface area contributed by atoms with E-state index in [4.69, 9.17) is 4.42 Å². The number of hydrogen-bond acceptors (Lipinski definition) is 4. The van der Waals surface area contributed by atoms with E-state index in [-0.39, 0.29) is 6.61 Å². The van der Waals surface area contributed by atoms with E-state index in [2.05, 4.69) is 14.9 Å². The molecule has 0 unspecified atom stereocenters. The normalized spacial score (nSPS) is 15.1. The van der Waals surface area contributed by atoms with E-state index in [0.29, 0.717) is 0 Å². The van der Waals surface area contributed by atoms with Crippen molar-refractivity contribution < 1.29 is 9.52 Å². The number of nitrogens with zero attached hydrogens (tertiary/aromatic N) is 2. The van der Waals surface area contributed by atoms with Gasteiger partial charge in [0.2, 0.25) is 0 Å². The second-order valence-corrected chi connectivity index (χ2v) is 3.79. The van der Waals surface area contributed by atoms with E-state index in [1.54, 1.807) is 6.26 Å². The minimum Gasteiger partial charge on any atom is -0.461 e. The lowest BCUT2D eigenvalue weighted by molar-refractivity contribution is 0.275. The maximum Gasteiger partial charge on any atom is 0.176 e. The summed E-state index contributed by atoms with van der Waals surface area (Å²) >= 11 is 0. The third-order valence-electron chi connectivity index (χ3n) is 2.85. The Kier molecular flexibility index (Phi) is 2.27. The number of aliphatic hydroxyl groups excluding tert-OH is 1. The van der Waals surface area contributed by atoms with Crippen LogP contribution in [-0.4, -0.2) is 21.2 Å². The van der Waals surface area contributed by atoms with Crippen molar-refractivity contribution in [1.82, 2.24) is 14.9 Å². The molecule has 2 N–H and O–H groups in total. The fourth-order valence-corrected chi connectivity index (χ4v) is 2.09. The minimum atomic E-state index is -0.0300. The number of aliphatic hydroxyl groups is 1. The molecular weight excluding hydrogens is 206 g/mol. The highest BCUT2D eigenvalue weighted by Crippen LogP contribution is 2.24. The molecule has 0 aliphatic carbocycles. The first kappa shape index (κ1) is 9.62. The molecule has 3 rings (SSSR count). The van der Waals surface area contributed by atoms with Gasteiger partial charge >= 0.3 is 0 Å². The smallest absolute Gasteiger partial charge is 0.176 e. The van der Waals surface area contributed by atoms with Gasteiger partial charge in [-0.1, -0.05) is 0 Å². The number of aromatic nitrogens is 2. The van der Waals surface area contributed by atoms with Crippen LogP contribution in [0.5, 0.6) is 0 Å². The Morgan fingerprint density at radius 2 is 2.50 bits per heavy atom. The molecular formula is C11H13N3O2. The van der Waals surface area contributed by atoms with Crippen molar-refractivity contribution in [2.75, 3.05) is 6.54 Å². The van der Waals surface area contributed by atoms with Crippen LogP contribution in [0, 0.1) is 0 Å². The van der Waals surface area contributed by atoms with E-state index >= 15 is 0 Å². The molecule has 0 radical (unpaired) electrons. The molecule has 5 nitrogen and oxygen atoms in total. The maximum absolute atomic E-state index is 9.27. The van der Waals surface area contributed by atoms with Gasteiger partial charge in [0.25, 0.3) is 0 Å². The summed E-state index contributed by atoms with van der Waals surface area (Å²) in [6.45, 7) is 2.50. The Hall–Kier alpha value is -1.59. The molecule has 0 saturated carbocycles. The molecule has 0 atom stereocenters. The topological polar surface area (TPSA) is 63.2 Å². The maximum atomic E-state index is 9.27. The molecule has 2 aromatic rings. The third kappa shape index (κ3) is 1.36. The Morgan fingerprint density at radius 1 is 1.56 bits per heavy atom. The zero-order valence-corrected chi connectivity index (χ0v) is 8.81. The summed E-state index contributed by atoms with van der Waals surface area (Å²) in [7, 11) is 0. The van der Waals surface area contributed by atoms with Crippen molar-refractivity contribution in [3.63, 3.8) is 0 Å². The average molecular weight is 219 g/mol. The van der Waals surface area contributed by atoms with E-state index in [9.17, 15) is 5.11 Å². The first-order valence-electron chi connectivity index (χ1n) is 5.34. The van der Waals surface area contributed by atoms with Gasteiger partial charge < -0.3 is 19.4 Å². The van der Waals surface area contributed by atoms with Crippen LogP contribution in [0.1, 0.15) is 11.4 Å². The van der Waals surface area contributed by atoms with E-state index in [1.807, 2.05) is 12.1 Å². The molecule has 16 heavy (non-hydrogen) atoms. The van der Waals surface area contributed by atoms with Crippen LogP contribution in [0.15, 0.2) is 22.8 Å². The zero-order valence-electron chi connectivity index (χ0n) is 8.81. The number of imidazole rings is 1. The standard InChI is InChI=1S/C11H13N3O2/c15-7-8-9-6-12-3-4-14(9)11(13-8)10-2-1-5-16-10/h1-2,5,12,15H,3-4,6-7H2. The quantitative estimate of drug-likeness (QED) is 0.782. The molecule has 2 aromatic heterocycles. The van der Waals surface area contributed by atoms with Crippen molar-refractivity contribution in [3.05, 3.63) is 29.8 Å². The van der Waals surface area contributed by atoms with Crippen LogP contribution >= 0.6 is 0 Å². The molecule has 0 aromatic carbocycles. The Morgan fingerprint density at radius 3 is 3.25 bits per heavy atom. The van der Waals surface area contributed by atoms with Crippen LogP contribution in [0.2, 0.25) is 0 Å². The largest absolute Gasteiger partial charge is 0.461 e. The summed E-state index contributed by atoms with van der Waals surface area (Å²) in [4.78, 5) is 4.43. The van der Waals surface area contributed by atoms with Gasteiger partial charge in [-0.2, -0.15) is 0 Å². The number of rotatable bonds is 2. The zero-order chi connectivity index (χ0) is 11.0. The van der Waals surface area contributed by atoms with E-state index in [0.717, 1.165) is 42.6 Å². The highest BCUT2D eigenvalue weighted by molar-refractivity contribution is 5.49. The second kappa shape index (κ2) is 3.77. The first-order chi connectivity index (χ1) is 7.90. The summed E-state index contributed by atoms with van der Waals surface area (Å²) in [6.07, 6.45) is 1.64. The summed E-state index contributed by atoms with van der Waals surface area (Å²) in [5.74, 6) is 1.56. The van der Waals surface area contributed by atoms with Gasteiger partial charge in [-0.05, 0) is 12.1 Å². The van der Waals surface area contributed by atoms with Crippen LogP contribution in [0.25, 0.3) is 11.6 Å². The molecule has 5 heteroatoms. The molecule has 3 heterocycles. The highest BCUT2D eigenvalue weighted by Gasteiger charge is 2.21. The highest BCUT2D eigenvalue weighted by atomic mass is 16.3. The molecule has 1 aliphatic rings. The van der Waals surface area contributed by atoms with Crippen LogP contribution in [0.3, 0.4) is 0 Å². The van der Waals surface area contributed by atoms with Crippen LogP contribution in [0.4, 0.5) is 0 Å². The lowest BCUT2D eigenvalue weighted by Crippen LogP contribution is -2.28. The van der Waals surface area contributed by atoms with Crippen LogP contribution in [-0.2, 0) is 19.7 Å². The van der Waals surface area contributed by atoms with E-state index in [1.165, 1.54) is 0 Å². The van der Waals surface area contributed by atoms with Crippen molar-refractivity contribution in [3.8, 4) is 11.6 Å². The monoisotopic (exact) mass is 219 g/mol. The molecule has 0 fully saturated rings. The van der Waals surface area contributed by atoms with Gasteiger partial charge in [0.15, 0.2) is 11.6 Å². The van der Waals surface area contributed by atoms with Crippen molar-refractivity contribution in [2.45, 2.75) is 19.7 Å². The summed E-state index contributed by atoms with van der Waals surface area (Å²) in [5, 5.41) is 12.5. The number of fused-ring (bicyclic) bond motifs is 1. The molecule has 0 bridgehead atoms. The van der Waals surface area contributed by atoms with Gasteiger partial charge in [0, 0.05) is 19.6 Å². The third-order valence-corrected chi connectivity index (χ3v) is 2.85. The van der Waals surface area contributed by atoms with Crippen molar-refractivity contribution >= 4 is 0 Å². The van der Waals surface area contributed by atoms with Gasteiger partial charge in [-0.15, -0.1) is 0 Å². The van der Waals surface area contributed by atoms with Crippen molar-refractivity contribution in [1.29, 1.82) is 0 Å². The minimum absolute atomic E-state index is 0.0300. The number of furan rings is 1. The predicted octanol–water partition coefficient (Wildman–Crippen LogP) is 0.739. The summed E-state index contributed by atoms with van der Waals surface area (Å²) < 4.78 is 7.47. The lowest BCUT2D eigenvalue weighted by Gasteiger charge is -2.17. The Bertz CT molecular complexity index is 488. The predicted molar refractivity (Wildman–Crippen MR) is 57.6 cm³/mol. The average Bonchev–Trinajstić information content (AvgIpc) is 2.95. The molecule has 0 amide bonds. The van der Waals surface area contributed by atoms with Gasteiger partial charge in [-0.25, -0.2) is 4.98 Å². The van der Waals surface area contributed by atoms with Gasteiger partial charge in [-0.3, -0.25) is 0 Å². The van der Waals surface area contributed by atoms with Crippen LogP contribution < -0.4 is 5.32 Å². The number of nitrogens with one attached hydrogen (secondary N) is 1. The van der Waals surface area contributed by atoms with Crippen molar-refractivity contribution in [2.24, 2.45) is 0 Å². The molecule has 1 aliphatic heterocycles. The fraction of sp³-hybridized carbons (Fsp3) is 0.364. The Balaban J connectivity index is 2.15. The molecule has 84 valence electrons. The molecule has 0 spiro atoms. The second-order valence-electron chi connectivity index (χ2n) is 3.79. The molecule has 0 saturated heterocycles. The summed E-state index contributed by atoms with van der Waals surface area (Å²) in [6, 6.07) is 3.73. The SMILES string of the molecule is OCc1nc(-c2ccco2)n2c1CNCC2. The number of hydrogen-bond donors (Lipinski definition) is 2.